The Morgan fingerprint density at radius 2 is 2.11 bits per heavy atom. The van der Waals surface area contributed by atoms with Crippen molar-refractivity contribution < 1.29 is 8.78 Å². The van der Waals surface area contributed by atoms with E-state index in [-0.39, 0.29) is 12.0 Å². The van der Waals surface area contributed by atoms with Crippen LogP contribution in [-0.4, -0.2) is 9.78 Å². The zero-order valence-corrected chi connectivity index (χ0v) is 10.8. The number of nitrogens with zero attached hydrogens (tertiary/aromatic N) is 2. The van der Waals surface area contributed by atoms with Gasteiger partial charge in [-0.25, -0.2) is 8.78 Å². The van der Waals surface area contributed by atoms with Gasteiger partial charge in [0.05, 0.1) is 11.7 Å². The monoisotopic (exact) mass is 265 g/mol. The van der Waals surface area contributed by atoms with Gasteiger partial charge < -0.3 is 5.73 Å². The lowest BCUT2D eigenvalue weighted by Crippen LogP contribution is -2.19. The van der Waals surface area contributed by atoms with Crippen LogP contribution in [0.3, 0.4) is 0 Å². The molecule has 5 heteroatoms. The van der Waals surface area contributed by atoms with E-state index in [4.69, 9.17) is 5.73 Å². The van der Waals surface area contributed by atoms with Crippen LogP contribution in [0.15, 0.2) is 30.5 Å². The van der Waals surface area contributed by atoms with Crippen molar-refractivity contribution in [3.63, 3.8) is 0 Å². The minimum absolute atomic E-state index is 0.249. The third-order valence-electron chi connectivity index (χ3n) is 3.04. The molecule has 0 aliphatic heterocycles. The van der Waals surface area contributed by atoms with E-state index in [1.807, 2.05) is 17.7 Å². The van der Waals surface area contributed by atoms with E-state index >= 15 is 0 Å². The average molecular weight is 265 g/mol. The molecule has 0 radical (unpaired) electrons. The lowest BCUT2D eigenvalue weighted by molar-refractivity contribution is 0.487. The summed E-state index contributed by atoms with van der Waals surface area (Å²) in [5.41, 5.74) is 7.20. The molecular formula is C14H17F2N3. The minimum Gasteiger partial charge on any atom is -0.322 e. The van der Waals surface area contributed by atoms with Crippen molar-refractivity contribution in [3.8, 4) is 0 Å². The highest BCUT2D eigenvalue weighted by Gasteiger charge is 2.15. The molecule has 0 saturated carbocycles. The molecule has 19 heavy (non-hydrogen) atoms. The van der Waals surface area contributed by atoms with Crippen LogP contribution in [0.5, 0.6) is 0 Å². The highest BCUT2D eigenvalue weighted by Crippen LogP contribution is 2.19. The van der Waals surface area contributed by atoms with Gasteiger partial charge in [-0.05, 0) is 30.5 Å². The second-order valence-electron chi connectivity index (χ2n) is 4.50. The number of aryl methyl sites for hydroxylation is 1. The van der Waals surface area contributed by atoms with Gasteiger partial charge in [-0.2, -0.15) is 5.10 Å². The summed E-state index contributed by atoms with van der Waals surface area (Å²) in [6.45, 7) is 2.81. The van der Waals surface area contributed by atoms with E-state index in [0.717, 1.165) is 24.7 Å². The van der Waals surface area contributed by atoms with Gasteiger partial charge in [0, 0.05) is 12.7 Å². The van der Waals surface area contributed by atoms with Crippen LogP contribution >= 0.6 is 0 Å². The molecule has 1 unspecified atom stereocenters. The summed E-state index contributed by atoms with van der Waals surface area (Å²) in [6, 6.07) is 5.57. The predicted molar refractivity (Wildman–Crippen MR) is 69.5 cm³/mol. The van der Waals surface area contributed by atoms with Crippen LogP contribution in [0.1, 0.15) is 30.6 Å². The maximum atomic E-state index is 13.6. The average Bonchev–Trinajstić information content (AvgIpc) is 2.84. The van der Waals surface area contributed by atoms with Crippen molar-refractivity contribution in [1.29, 1.82) is 0 Å². The highest BCUT2D eigenvalue weighted by molar-refractivity contribution is 5.22. The summed E-state index contributed by atoms with van der Waals surface area (Å²) in [5, 5.41) is 4.18. The molecule has 2 rings (SSSR count). The zero-order valence-electron chi connectivity index (χ0n) is 10.8. The molecule has 1 heterocycles. The normalized spacial score (nSPS) is 12.6. The summed E-state index contributed by atoms with van der Waals surface area (Å²) in [6.07, 6.45) is 2.86. The smallest absolute Gasteiger partial charge is 0.162 e. The quantitative estimate of drug-likeness (QED) is 0.903. The van der Waals surface area contributed by atoms with Crippen LogP contribution in [0.2, 0.25) is 0 Å². The van der Waals surface area contributed by atoms with E-state index in [2.05, 4.69) is 5.10 Å². The Morgan fingerprint density at radius 3 is 2.84 bits per heavy atom. The largest absolute Gasteiger partial charge is 0.322 e. The van der Waals surface area contributed by atoms with Crippen molar-refractivity contribution in [1.82, 2.24) is 9.78 Å². The Bertz CT molecular complexity index is 551. The molecule has 0 spiro atoms. The first kappa shape index (κ1) is 13.7. The maximum Gasteiger partial charge on any atom is 0.162 e. The Balaban J connectivity index is 2.18. The second-order valence-corrected chi connectivity index (χ2v) is 4.50. The van der Waals surface area contributed by atoms with E-state index in [1.165, 1.54) is 6.07 Å². The number of rotatable bonds is 5. The number of aromatic nitrogens is 2. The van der Waals surface area contributed by atoms with Crippen molar-refractivity contribution in [3.05, 3.63) is 53.4 Å². The number of benzene rings is 1. The Labute approximate surface area is 111 Å². The first-order valence-corrected chi connectivity index (χ1v) is 6.33. The molecule has 0 amide bonds. The maximum absolute atomic E-state index is 13.6. The van der Waals surface area contributed by atoms with Gasteiger partial charge in [0.1, 0.15) is 0 Å². The molecule has 1 aromatic heterocycles. The molecule has 1 aromatic carbocycles. The number of halogens is 2. The molecule has 0 aliphatic rings. The third kappa shape index (κ3) is 2.98. The van der Waals surface area contributed by atoms with E-state index in [0.29, 0.717) is 0 Å². The number of hydrogen-bond donors (Lipinski definition) is 1. The predicted octanol–water partition coefficient (Wildman–Crippen LogP) is 2.81. The molecule has 2 N–H and O–H groups in total. The molecule has 2 aromatic rings. The summed E-state index contributed by atoms with van der Waals surface area (Å²) in [4.78, 5) is 0. The highest BCUT2D eigenvalue weighted by atomic mass is 19.2. The summed E-state index contributed by atoms with van der Waals surface area (Å²) in [7, 11) is 0. The van der Waals surface area contributed by atoms with Crippen molar-refractivity contribution in [2.24, 2.45) is 5.73 Å². The molecule has 0 bridgehead atoms. The molecule has 0 aliphatic carbocycles. The van der Waals surface area contributed by atoms with Crippen LogP contribution in [0.4, 0.5) is 8.78 Å². The molecule has 3 nitrogen and oxygen atoms in total. The first-order chi connectivity index (χ1) is 9.13. The van der Waals surface area contributed by atoms with Gasteiger partial charge in [-0.3, -0.25) is 4.68 Å². The SMILES string of the molecule is CCCn1nccc1C(N)Cc1cccc(F)c1F. The van der Waals surface area contributed by atoms with E-state index in [9.17, 15) is 8.78 Å². The minimum atomic E-state index is -0.841. The van der Waals surface area contributed by atoms with Crippen LogP contribution in [0.25, 0.3) is 0 Å². The molecule has 0 fully saturated rings. The first-order valence-electron chi connectivity index (χ1n) is 6.33. The van der Waals surface area contributed by atoms with Gasteiger partial charge in [0.2, 0.25) is 0 Å². The van der Waals surface area contributed by atoms with Gasteiger partial charge in [-0.1, -0.05) is 19.1 Å². The fraction of sp³-hybridized carbons (Fsp3) is 0.357. The molecular weight excluding hydrogens is 248 g/mol. The van der Waals surface area contributed by atoms with Gasteiger partial charge in [0.25, 0.3) is 0 Å². The van der Waals surface area contributed by atoms with Gasteiger partial charge >= 0.3 is 0 Å². The third-order valence-corrected chi connectivity index (χ3v) is 3.04. The van der Waals surface area contributed by atoms with Crippen LogP contribution in [0, 0.1) is 11.6 Å². The molecule has 0 saturated heterocycles. The van der Waals surface area contributed by atoms with Gasteiger partial charge in [-0.15, -0.1) is 0 Å². The fourth-order valence-electron chi connectivity index (χ4n) is 2.10. The standard InChI is InChI=1S/C14H17F2N3/c1-2-8-19-13(6-7-18-19)12(17)9-10-4-3-5-11(15)14(10)16/h3-7,12H,2,8-9,17H2,1H3. The number of hydrogen-bond acceptors (Lipinski definition) is 2. The summed E-state index contributed by atoms with van der Waals surface area (Å²) in [5.74, 6) is -1.66. The second kappa shape index (κ2) is 5.93. The summed E-state index contributed by atoms with van der Waals surface area (Å²) >= 11 is 0. The summed E-state index contributed by atoms with van der Waals surface area (Å²) < 4.78 is 28.5. The fourth-order valence-corrected chi connectivity index (χ4v) is 2.10. The lowest BCUT2D eigenvalue weighted by atomic mass is 10.0. The van der Waals surface area contributed by atoms with E-state index in [1.54, 1.807) is 12.3 Å². The van der Waals surface area contributed by atoms with Crippen LogP contribution < -0.4 is 5.73 Å². The number of nitrogens with two attached hydrogens (primary N) is 1. The van der Waals surface area contributed by atoms with Crippen LogP contribution in [-0.2, 0) is 13.0 Å². The van der Waals surface area contributed by atoms with E-state index < -0.39 is 17.7 Å². The topological polar surface area (TPSA) is 43.8 Å². The Hall–Kier alpha value is -1.75. The Kier molecular flexibility index (Phi) is 4.27. The molecule has 1 atom stereocenters. The van der Waals surface area contributed by atoms with Crippen molar-refractivity contribution in [2.75, 3.05) is 0 Å². The lowest BCUT2D eigenvalue weighted by Gasteiger charge is -2.14. The van der Waals surface area contributed by atoms with Gasteiger partial charge in [0.15, 0.2) is 11.6 Å². The van der Waals surface area contributed by atoms with Crippen molar-refractivity contribution in [2.45, 2.75) is 32.4 Å². The Morgan fingerprint density at radius 1 is 1.32 bits per heavy atom. The zero-order chi connectivity index (χ0) is 13.8. The molecule has 102 valence electrons. The van der Waals surface area contributed by atoms with Crippen molar-refractivity contribution >= 4 is 0 Å².